The predicted octanol–water partition coefficient (Wildman–Crippen LogP) is 1.85. The third-order valence-electron chi connectivity index (χ3n) is 3.16. The van der Waals surface area contributed by atoms with E-state index in [9.17, 15) is 9.90 Å². The molecule has 1 aromatic carbocycles. The van der Waals surface area contributed by atoms with Gasteiger partial charge in [-0.05, 0) is 30.5 Å². The zero-order valence-corrected chi connectivity index (χ0v) is 12.4. The van der Waals surface area contributed by atoms with E-state index in [1.54, 1.807) is 31.3 Å². The molecule has 4 nitrogen and oxygen atoms in total. The normalized spacial score (nSPS) is 12.6. The van der Waals surface area contributed by atoms with Crippen molar-refractivity contribution in [3.05, 3.63) is 66.0 Å². The number of nitrogens with one attached hydrogen (secondary N) is 1. The Balaban J connectivity index is 1.85. The molecule has 0 bridgehead atoms. The van der Waals surface area contributed by atoms with Crippen LogP contribution in [0.1, 0.15) is 24.6 Å². The van der Waals surface area contributed by atoms with Gasteiger partial charge in [-0.3, -0.25) is 4.79 Å². The fourth-order valence-electron chi connectivity index (χ4n) is 1.99. The maximum atomic E-state index is 11.9. The van der Waals surface area contributed by atoms with Gasteiger partial charge in [0.25, 0.3) is 0 Å². The fourth-order valence-corrected chi connectivity index (χ4v) is 1.99. The first kappa shape index (κ1) is 15.7. The van der Waals surface area contributed by atoms with E-state index in [0.29, 0.717) is 11.3 Å². The summed E-state index contributed by atoms with van der Waals surface area (Å²) in [6.45, 7) is 1.85. The third kappa shape index (κ3) is 4.72. The molecule has 1 aromatic heterocycles. The van der Waals surface area contributed by atoms with Crippen LogP contribution in [0.5, 0.6) is 0 Å². The lowest BCUT2D eigenvalue weighted by Gasteiger charge is -2.22. The molecule has 0 radical (unpaired) electrons. The molecule has 4 heteroatoms. The molecular weight excluding hydrogens is 276 g/mol. The van der Waals surface area contributed by atoms with Gasteiger partial charge in [0, 0.05) is 6.20 Å². The second-order valence-electron chi connectivity index (χ2n) is 5.11. The Hall–Kier alpha value is -2.64. The Morgan fingerprint density at radius 3 is 2.64 bits per heavy atom. The van der Waals surface area contributed by atoms with Gasteiger partial charge in [0.2, 0.25) is 5.91 Å². The molecule has 1 amide bonds. The van der Waals surface area contributed by atoms with E-state index in [2.05, 4.69) is 22.1 Å². The van der Waals surface area contributed by atoms with Gasteiger partial charge in [-0.25, -0.2) is 4.98 Å². The van der Waals surface area contributed by atoms with Crippen LogP contribution in [0.25, 0.3) is 0 Å². The molecule has 1 heterocycles. The molecule has 2 aromatic rings. The molecular formula is C18H18N2O2. The fraction of sp³-hybridized carbons (Fsp3) is 0.222. The van der Waals surface area contributed by atoms with Crippen LogP contribution in [0.2, 0.25) is 0 Å². The van der Waals surface area contributed by atoms with Crippen LogP contribution in [0.4, 0.5) is 0 Å². The van der Waals surface area contributed by atoms with E-state index in [0.717, 1.165) is 0 Å². The standard InChI is InChI=1S/C18H18N2O2/c1-18(22,15-8-3-2-4-9-15)14-17(21)20-13-7-11-16-10-5-6-12-19-16/h2-6,8-10,12,22H,13-14H2,1H3,(H,20,21). The van der Waals surface area contributed by atoms with Crippen molar-refractivity contribution < 1.29 is 9.90 Å². The molecule has 0 aliphatic rings. The summed E-state index contributed by atoms with van der Waals surface area (Å²) in [5, 5.41) is 13.1. The van der Waals surface area contributed by atoms with Crippen molar-refractivity contribution in [1.29, 1.82) is 0 Å². The summed E-state index contributed by atoms with van der Waals surface area (Å²) in [7, 11) is 0. The molecule has 2 N–H and O–H groups in total. The van der Waals surface area contributed by atoms with Crippen molar-refractivity contribution in [2.24, 2.45) is 0 Å². The minimum absolute atomic E-state index is 0.0116. The largest absolute Gasteiger partial charge is 0.385 e. The lowest BCUT2D eigenvalue weighted by molar-refractivity contribution is -0.125. The molecule has 22 heavy (non-hydrogen) atoms. The summed E-state index contributed by atoms with van der Waals surface area (Å²) < 4.78 is 0. The number of carbonyl (C=O) groups excluding carboxylic acids is 1. The van der Waals surface area contributed by atoms with Gasteiger partial charge in [0.15, 0.2) is 0 Å². The van der Waals surface area contributed by atoms with Gasteiger partial charge in [-0.1, -0.05) is 42.3 Å². The first-order valence-corrected chi connectivity index (χ1v) is 7.02. The van der Waals surface area contributed by atoms with Crippen LogP contribution in [0.15, 0.2) is 54.7 Å². The predicted molar refractivity (Wildman–Crippen MR) is 84.8 cm³/mol. The summed E-state index contributed by atoms with van der Waals surface area (Å²) in [6.07, 6.45) is 1.65. The highest BCUT2D eigenvalue weighted by Crippen LogP contribution is 2.23. The van der Waals surface area contributed by atoms with Gasteiger partial charge < -0.3 is 10.4 Å². The second-order valence-corrected chi connectivity index (χ2v) is 5.11. The Morgan fingerprint density at radius 1 is 1.23 bits per heavy atom. The average Bonchev–Trinajstić information content (AvgIpc) is 2.53. The Kier molecular flexibility index (Phi) is 5.29. The maximum Gasteiger partial charge on any atom is 0.223 e. The van der Waals surface area contributed by atoms with Gasteiger partial charge in [0.1, 0.15) is 5.69 Å². The topological polar surface area (TPSA) is 62.2 Å². The van der Waals surface area contributed by atoms with E-state index in [1.165, 1.54) is 0 Å². The van der Waals surface area contributed by atoms with E-state index >= 15 is 0 Å². The zero-order chi connectivity index (χ0) is 15.8. The number of aromatic nitrogens is 1. The lowest BCUT2D eigenvalue weighted by atomic mass is 9.92. The van der Waals surface area contributed by atoms with Crippen LogP contribution in [-0.4, -0.2) is 22.5 Å². The van der Waals surface area contributed by atoms with Crippen LogP contribution < -0.4 is 5.32 Å². The van der Waals surface area contributed by atoms with E-state index in [-0.39, 0.29) is 18.9 Å². The molecule has 0 fully saturated rings. The SMILES string of the molecule is CC(O)(CC(=O)NCC#Cc1ccccn1)c1ccccc1. The number of carbonyl (C=O) groups is 1. The van der Waals surface area contributed by atoms with Crippen molar-refractivity contribution >= 4 is 5.91 Å². The summed E-state index contributed by atoms with van der Waals surface area (Å²) in [6, 6.07) is 14.6. The molecule has 1 unspecified atom stereocenters. The number of hydrogen-bond acceptors (Lipinski definition) is 3. The Labute approximate surface area is 130 Å². The quantitative estimate of drug-likeness (QED) is 0.846. The van der Waals surface area contributed by atoms with Gasteiger partial charge in [0.05, 0.1) is 18.6 Å². The Bertz CT molecular complexity index is 670. The highest BCUT2D eigenvalue weighted by Gasteiger charge is 2.25. The Morgan fingerprint density at radius 2 is 1.95 bits per heavy atom. The minimum Gasteiger partial charge on any atom is -0.385 e. The third-order valence-corrected chi connectivity index (χ3v) is 3.16. The molecule has 1 atom stereocenters. The van der Waals surface area contributed by atoms with Crippen LogP contribution >= 0.6 is 0 Å². The van der Waals surface area contributed by atoms with Crippen molar-refractivity contribution in [3.63, 3.8) is 0 Å². The molecule has 0 spiro atoms. The first-order chi connectivity index (χ1) is 10.6. The van der Waals surface area contributed by atoms with Crippen LogP contribution in [-0.2, 0) is 10.4 Å². The van der Waals surface area contributed by atoms with Crippen molar-refractivity contribution in [3.8, 4) is 11.8 Å². The number of aliphatic hydroxyl groups is 1. The molecule has 0 aliphatic carbocycles. The number of amides is 1. The summed E-state index contributed by atoms with van der Waals surface area (Å²) in [5.74, 6) is 5.44. The smallest absolute Gasteiger partial charge is 0.223 e. The first-order valence-electron chi connectivity index (χ1n) is 7.02. The lowest BCUT2D eigenvalue weighted by Crippen LogP contribution is -2.32. The molecule has 0 saturated heterocycles. The highest BCUT2D eigenvalue weighted by molar-refractivity contribution is 5.77. The maximum absolute atomic E-state index is 11.9. The minimum atomic E-state index is -1.19. The van der Waals surface area contributed by atoms with Crippen molar-refractivity contribution in [2.45, 2.75) is 18.9 Å². The molecule has 112 valence electrons. The monoisotopic (exact) mass is 294 g/mol. The molecule has 0 aliphatic heterocycles. The highest BCUT2D eigenvalue weighted by atomic mass is 16.3. The summed E-state index contributed by atoms with van der Waals surface area (Å²) >= 11 is 0. The van der Waals surface area contributed by atoms with Gasteiger partial charge >= 0.3 is 0 Å². The van der Waals surface area contributed by atoms with E-state index in [1.807, 2.05) is 30.3 Å². The molecule has 0 saturated carbocycles. The van der Waals surface area contributed by atoms with Crippen LogP contribution in [0, 0.1) is 11.8 Å². The number of benzene rings is 1. The average molecular weight is 294 g/mol. The number of pyridine rings is 1. The summed E-state index contributed by atoms with van der Waals surface area (Å²) in [5.41, 5.74) is 0.178. The van der Waals surface area contributed by atoms with E-state index in [4.69, 9.17) is 0 Å². The van der Waals surface area contributed by atoms with E-state index < -0.39 is 5.60 Å². The number of rotatable bonds is 4. The van der Waals surface area contributed by atoms with Gasteiger partial charge in [-0.15, -0.1) is 0 Å². The molecule has 2 rings (SSSR count). The zero-order valence-electron chi connectivity index (χ0n) is 12.4. The van der Waals surface area contributed by atoms with Crippen LogP contribution in [0.3, 0.4) is 0 Å². The van der Waals surface area contributed by atoms with Crippen molar-refractivity contribution in [2.75, 3.05) is 6.54 Å². The van der Waals surface area contributed by atoms with Crippen molar-refractivity contribution in [1.82, 2.24) is 10.3 Å². The second kappa shape index (κ2) is 7.39. The summed E-state index contributed by atoms with van der Waals surface area (Å²) in [4.78, 5) is 16.0. The van der Waals surface area contributed by atoms with Gasteiger partial charge in [-0.2, -0.15) is 0 Å². The number of nitrogens with zero attached hydrogens (tertiary/aromatic N) is 1. The number of hydrogen-bond donors (Lipinski definition) is 2.